The van der Waals surface area contributed by atoms with E-state index in [1.807, 2.05) is 36.4 Å². The van der Waals surface area contributed by atoms with Crippen LogP contribution in [-0.4, -0.2) is 40.1 Å². The number of carbonyl (C=O) groups is 2. The largest absolute Gasteiger partial charge is 0.497 e. The van der Waals surface area contributed by atoms with Gasteiger partial charge in [-0.25, -0.2) is 9.40 Å². The highest BCUT2D eigenvalue weighted by molar-refractivity contribution is 8.15. The summed E-state index contributed by atoms with van der Waals surface area (Å²) in [6, 6.07) is 20.8. The van der Waals surface area contributed by atoms with Crippen LogP contribution in [0.4, 0.5) is 10.1 Å². The first-order chi connectivity index (χ1) is 17.9. The van der Waals surface area contributed by atoms with E-state index in [0.717, 1.165) is 22.6 Å². The maximum absolute atomic E-state index is 13.9. The molecule has 2 amide bonds. The second-order valence-electron chi connectivity index (χ2n) is 8.46. The van der Waals surface area contributed by atoms with Crippen LogP contribution >= 0.6 is 23.4 Å². The zero-order valence-electron chi connectivity index (χ0n) is 19.7. The molecule has 3 aromatic rings. The minimum absolute atomic E-state index is 0.0698. The average molecular weight is 537 g/mol. The molecule has 2 heterocycles. The summed E-state index contributed by atoms with van der Waals surface area (Å²) in [4.78, 5) is 29.5. The number of nitrogens with one attached hydrogen (secondary N) is 1. The number of carbonyl (C=O) groups excluding carboxylic acids is 2. The Balaban J connectivity index is 1.36. The topological polar surface area (TPSA) is 83.4 Å². The van der Waals surface area contributed by atoms with Crippen LogP contribution < -0.4 is 10.1 Å². The molecule has 0 bridgehead atoms. The van der Waals surface area contributed by atoms with Gasteiger partial charge in [-0.15, -0.1) is 0 Å². The van der Waals surface area contributed by atoms with Gasteiger partial charge in [0.15, 0.2) is 5.17 Å². The van der Waals surface area contributed by atoms with Crippen LogP contribution in [0.1, 0.15) is 30.0 Å². The van der Waals surface area contributed by atoms with Crippen molar-refractivity contribution in [1.82, 2.24) is 5.01 Å². The van der Waals surface area contributed by atoms with E-state index in [9.17, 15) is 14.0 Å². The quantitative estimate of drug-likeness (QED) is 0.439. The van der Waals surface area contributed by atoms with E-state index in [1.54, 1.807) is 30.3 Å². The fourth-order valence-electron chi connectivity index (χ4n) is 4.13. The number of ether oxygens (including phenoxy) is 1. The lowest BCUT2D eigenvalue weighted by atomic mass is 9.98. The summed E-state index contributed by atoms with van der Waals surface area (Å²) in [6.45, 7) is 0. The van der Waals surface area contributed by atoms with Crippen LogP contribution in [0.2, 0.25) is 5.02 Å². The lowest BCUT2D eigenvalue weighted by molar-refractivity contribution is -0.121. The number of thioether (sulfide) groups is 1. The van der Waals surface area contributed by atoms with Gasteiger partial charge < -0.3 is 10.1 Å². The third-order valence-corrected chi connectivity index (χ3v) is 7.43. The Kier molecular flexibility index (Phi) is 7.25. The molecule has 0 aromatic heterocycles. The first-order valence-electron chi connectivity index (χ1n) is 11.5. The van der Waals surface area contributed by atoms with Crippen molar-refractivity contribution >= 4 is 51.7 Å². The summed E-state index contributed by atoms with van der Waals surface area (Å²) in [5.74, 6) is -0.698. The summed E-state index contributed by atoms with van der Waals surface area (Å²) in [7, 11) is 1.61. The smallest absolute Gasteiger partial charge is 0.262 e. The van der Waals surface area contributed by atoms with Crippen LogP contribution in [0, 0.1) is 5.82 Å². The highest BCUT2D eigenvalue weighted by Crippen LogP contribution is 2.39. The van der Waals surface area contributed by atoms with Gasteiger partial charge in [-0.3, -0.25) is 9.59 Å². The number of amides is 2. The van der Waals surface area contributed by atoms with Gasteiger partial charge in [0.25, 0.3) is 5.91 Å². The normalized spacial score (nSPS) is 19.0. The summed E-state index contributed by atoms with van der Waals surface area (Å²) in [6.07, 6.45) is 0.444. The molecule has 0 unspecified atom stereocenters. The lowest BCUT2D eigenvalue weighted by Gasteiger charge is -2.23. The van der Waals surface area contributed by atoms with Gasteiger partial charge in [0.2, 0.25) is 5.91 Å². The van der Waals surface area contributed by atoms with Crippen molar-refractivity contribution in [2.45, 2.75) is 24.1 Å². The van der Waals surface area contributed by atoms with Crippen LogP contribution in [0.15, 0.2) is 82.9 Å². The maximum Gasteiger partial charge on any atom is 0.262 e. The van der Waals surface area contributed by atoms with Gasteiger partial charge in [0.1, 0.15) is 16.8 Å². The second-order valence-corrected chi connectivity index (χ2v) is 10.1. The maximum atomic E-state index is 13.9. The Morgan fingerprint density at radius 1 is 1.14 bits per heavy atom. The van der Waals surface area contributed by atoms with Crippen LogP contribution in [0.5, 0.6) is 5.75 Å². The number of methoxy groups -OCH3 is 1. The number of rotatable bonds is 6. The van der Waals surface area contributed by atoms with Crippen LogP contribution in [0.25, 0.3) is 0 Å². The zero-order valence-corrected chi connectivity index (χ0v) is 21.3. The predicted octanol–water partition coefficient (Wildman–Crippen LogP) is 5.67. The molecule has 10 heteroatoms. The Morgan fingerprint density at radius 2 is 1.86 bits per heavy atom. The highest BCUT2D eigenvalue weighted by Gasteiger charge is 2.39. The van der Waals surface area contributed by atoms with Crippen molar-refractivity contribution in [2.24, 2.45) is 10.1 Å². The molecule has 2 aliphatic heterocycles. The number of benzene rings is 3. The van der Waals surface area contributed by atoms with Gasteiger partial charge in [0.05, 0.1) is 24.6 Å². The number of hydrogen-bond acceptors (Lipinski definition) is 6. The molecule has 0 saturated carbocycles. The van der Waals surface area contributed by atoms with Crippen molar-refractivity contribution in [3.05, 3.63) is 94.8 Å². The number of halogens is 2. The number of nitrogens with zero attached hydrogens (tertiary/aromatic N) is 3. The minimum atomic E-state index is -0.729. The van der Waals surface area contributed by atoms with Crippen LogP contribution in [0.3, 0.4) is 0 Å². The molecular weight excluding hydrogens is 515 g/mol. The van der Waals surface area contributed by atoms with E-state index in [-0.39, 0.29) is 18.2 Å². The molecule has 37 heavy (non-hydrogen) atoms. The Bertz CT molecular complexity index is 1400. The van der Waals surface area contributed by atoms with E-state index < -0.39 is 22.9 Å². The van der Waals surface area contributed by atoms with E-state index in [2.05, 4.69) is 10.3 Å². The predicted molar refractivity (Wildman–Crippen MR) is 144 cm³/mol. The first kappa shape index (κ1) is 25.0. The Morgan fingerprint density at radius 3 is 2.57 bits per heavy atom. The Hall–Kier alpha value is -3.69. The third-order valence-electron chi connectivity index (χ3n) is 6.03. The van der Waals surface area contributed by atoms with Crippen molar-refractivity contribution in [2.75, 3.05) is 12.4 Å². The number of hydrazone groups is 1. The number of aliphatic imine (C=N–C) groups is 1. The third kappa shape index (κ3) is 5.52. The van der Waals surface area contributed by atoms with Crippen LogP contribution in [-0.2, 0) is 9.59 Å². The Labute approximate surface area is 222 Å². The molecule has 7 nitrogen and oxygen atoms in total. The average Bonchev–Trinajstić information content (AvgIpc) is 3.50. The van der Waals surface area contributed by atoms with E-state index >= 15 is 0 Å². The molecule has 3 aromatic carbocycles. The number of anilines is 1. The van der Waals surface area contributed by atoms with Gasteiger partial charge in [-0.2, -0.15) is 10.1 Å². The van der Waals surface area contributed by atoms with Crippen molar-refractivity contribution in [3.8, 4) is 5.75 Å². The molecule has 2 aliphatic rings. The number of para-hydroxylation sites is 1. The van der Waals surface area contributed by atoms with Crippen molar-refractivity contribution < 1.29 is 18.7 Å². The van der Waals surface area contributed by atoms with Gasteiger partial charge in [0, 0.05) is 17.9 Å². The van der Waals surface area contributed by atoms with Crippen molar-refractivity contribution in [1.29, 1.82) is 0 Å². The summed E-state index contributed by atoms with van der Waals surface area (Å²) in [5, 5.41) is 9.40. The first-order valence-corrected chi connectivity index (χ1v) is 12.8. The second kappa shape index (κ2) is 10.7. The fourth-order valence-corrected chi connectivity index (χ4v) is 5.31. The van der Waals surface area contributed by atoms with Gasteiger partial charge in [-0.05, 0) is 47.5 Å². The lowest BCUT2D eigenvalue weighted by Crippen LogP contribution is -2.25. The summed E-state index contributed by atoms with van der Waals surface area (Å²) < 4.78 is 19.2. The SMILES string of the molecule is COc1ccc([C@H]2CC(c3ccc(Cl)cc3)=NN2C2=NC(=O)[C@@H](CC(=O)Nc3ccccc3F)S2)cc1. The molecule has 1 N–H and O–H groups in total. The van der Waals surface area contributed by atoms with E-state index in [1.165, 1.54) is 30.0 Å². The monoisotopic (exact) mass is 536 g/mol. The van der Waals surface area contributed by atoms with Gasteiger partial charge >= 0.3 is 0 Å². The molecule has 0 saturated heterocycles. The molecule has 0 spiro atoms. The molecule has 0 aliphatic carbocycles. The minimum Gasteiger partial charge on any atom is -0.497 e. The standard InChI is InChI=1S/C27H22ClFN4O3S/c1-36-19-12-8-17(9-13-19)23-14-22(16-6-10-18(28)11-7-16)32-33(23)27-31-26(35)24(37-27)15-25(34)30-21-5-3-2-4-20(21)29/h2-13,23-24H,14-15H2,1H3,(H,30,34)/t23-,24-/m1/s1. The molecule has 0 radical (unpaired) electrons. The molecule has 0 fully saturated rings. The van der Waals surface area contributed by atoms with Crippen molar-refractivity contribution in [3.63, 3.8) is 0 Å². The molecule has 5 rings (SSSR count). The summed E-state index contributed by atoms with van der Waals surface area (Å²) in [5.41, 5.74) is 2.79. The fraction of sp³-hybridized carbons (Fsp3) is 0.185. The zero-order chi connectivity index (χ0) is 25.9. The highest BCUT2D eigenvalue weighted by atomic mass is 35.5. The van der Waals surface area contributed by atoms with Gasteiger partial charge in [-0.1, -0.05) is 59.8 Å². The molecule has 188 valence electrons. The molecule has 2 atom stereocenters. The summed E-state index contributed by atoms with van der Waals surface area (Å²) >= 11 is 7.25. The number of hydrogen-bond donors (Lipinski definition) is 1. The van der Waals surface area contributed by atoms with E-state index in [0.29, 0.717) is 16.6 Å². The van der Waals surface area contributed by atoms with E-state index in [4.69, 9.17) is 21.4 Å². The molecular formula is C27H22ClFN4O3S. The number of amidine groups is 1.